The number of fused-ring (bicyclic) bond motifs is 1. The third-order valence-electron chi connectivity index (χ3n) is 4.23. The van der Waals surface area contributed by atoms with Crippen LogP contribution in [0.1, 0.15) is 28.5 Å². The molecular weight excluding hydrogens is 416 g/mol. The van der Waals surface area contributed by atoms with Crippen molar-refractivity contribution in [2.45, 2.75) is 25.8 Å². The van der Waals surface area contributed by atoms with E-state index in [-0.39, 0.29) is 29.1 Å². The van der Waals surface area contributed by atoms with Gasteiger partial charge in [-0.25, -0.2) is 4.68 Å². The minimum atomic E-state index is -5.05. The minimum Gasteiger partial charge on any atom is -0.321 e. The summed E-state index contributed by atoms with van der Waals surface area (Å²) in [7, 11) is 0. The lowest BCUT2D eigenvalue weighted by molar-refractivity contribution is -0.143. The number of hydrogen-bond donors (Lipinski definition) is 1. The summed E-state index contributed by atoms with van der Waals surface area (Å²) in [5.41, 5.74) is -4.63. The van der Waals surface area contributed by atoms with Crippen molar-refractivity contribution < 1.29 is 31.1 Å². The smallest absolute Gasteiger partial charge is 0.321 e. The number of aryl methyl sites for hydroxylation is 1. The molecule has 2 aromatic carbocycles. The van der Waals surface area contributed by atoms with Crippen molar-refractivity contribution in [1.82, 2.24) is 9.78 Å². The zero-order valence-electron chi connectivity index (χ0n) is 15.2. The quantitative estimate of drug-likeness (QED) is 0.614. The molecule has 0 radical (unpaired) electrons. The molecule has 3 rings (SSSR count). The predicted molar refractivity (Wildman–Crippen MR) is 96.1 cm³/mol. The molecular formula is C19H13F6N3O2. The maximum atomic E-state index is 13.0. The van der Waals surface area contributed by atoms with Crippen LogP contribution in [0.3, 0.4) is 0 Å². The van der Waals surface area contributed by atoms with Crippen molar-refractivity contribution in [3.05, 3.63) is 69.6 Å². The van der Waals surface area contributed by atoms with Crippen molar-refractivity contribution in [2.24, 2.45) is 0 Å². The van der Waals surface area contributed by atoms with E-state index in [1.165, 1.54) is 18.2 Å². The average Bonchev–Trinajstić information content (AvgIpc) is 2.67. The standard InChI is InChI=1S/C19H13F6N3O2/c1-2-28-17(30)14-6-4-3-5-13(14)15(27-28)16(29)26-12-8-10(18(20,21)22)7-11(9-12)19(23,24)25/h3-9H,2H2,1H3,(H,26,29). The molecule has 0 aliphatic rings. The molecule has 0 saturated heterocycles. The van der Waals surface area contributed by atoms with Crippen LogP contribution in [-0.4, -0.2) is 15.7 Å². The van der Waals surface area contributed by atoms with E-state index in [9.17, 15) is 35.9 Å². The average molecular weight is 429 g/mol. The number of anilines is 1. The highest BCUT2D eigenvalue weighted by atomic mass is 19.4. The number of carbonyl (C=O) groups is 1. The Hall–Kier alpha value is -3.37. The Morgan fingerprint density at radius 3 is 2.00 bits per heavy atom. The van der Waals surface area contributed by atoms with Crippen LogP contribution >= 0.6 is 0 Å². The van der Waals surface area contributed by atoms with Gasteiger partial charge in [0, 0.05) is 17.6 Å². The predicted octanol–water partition coefficient (Wildman–Crippen LogP) is 4.71. The monoisotopic (exact) mass is 429 g/mol. The van der Waals surface area contributed by atoms with Gasteiger partial charge in [-0.2, -0.15) is 31.4 Å². The number of rotatable bonds is 3. The summed E-state index contributed by atoms with van der Waals surface area (Å²) < 4.78 is 79.1. The minimum absolute atomic E-state index is 0.0411. The van der Waals surface area contributed by atoms with Crippen LogP contribution < -0.4 is 10.9 Å². The van der Waals surface area contributed by atoms with Gasteiger partial charge in [-0.15, -0.1) is 0 Å². The van der Waals surface area contributed by atoms with E-state index < -0.39 is 40.6 Å². The highest BCUT2D eigenvalue weighted by molar-refractivity contribution is 6.11. The van der Waals surface area contributed by atoms with Crippen molar-refractivity contribution in [3.63, 3.8) is 0 Å². The van der Waals surface area contributed by atoms with E-state index >= 15 is 0 Å². The number of halogens is 6. The first kappa shape index (κ1) is 21.3. The Morgan fingerprint density at radius 1 is 0.967 bits per heavy atom. The first-order valence-electron chi connectivity index (χ1n) is 8.52. The molecule has 0 aliphatic heterocycles. The zero-order chi connectivity index (χ0) is 22.3. The van der Waals surface area contributed by atoms with Crippen molar-refractivity contribution in [1.29, 1.82) is 0 Å². The summed E-state index contributed by atoms with van der Waals surface area (Å²) in [5.74, 6) is -1.05. The van der Waals surface area contributed by atoms with E-state index in [2.05, 4.69) is 5.10 Å². The Balaban J connectivity index is 2.11. The van der Waals surface area contributed by atoms with Crippen LogP contribution in [0.4, 0.5) is 32.0 Å². The topological polar surface area (TPSA) is 64.0 Å². The number of benzene rings is 2. The highest BCUT2D eigenvalue weighted by Crippen LogP contribution is 2.37. The Morgan fingerprint density at radius 2 is 1.50 bits per heavy atom. The van der Waals surface area contributed by atoms with Crippen LogP contribution in [0.2, 0.25) is 0 Å². The van der Waals surface area contributed by atoms with Crippen LogP contribution in [0.15, 0.2) is 47.3 Å². The second kappa shape index (κ2) is 7.47. The summed E-state index contributed by atoms with van der Waals surface area (Å²) in [6, 6.07) is 6.66. The van der Waals surface area contributed by atoms with E-state index in [4.69, 9.17) is 0 Å². The molecule has 0 atom stereocenters. The molecule has 5 nitrogen and oxygen atoms in total. The van der Waals surface area contributed by atoms with E-state index in [0.717, 1.165) is 4.68 Å². The molecule has 1 amide bonds. The fraction of sp³-hybridized carbons (Fsp3) is 0.211. The molecule has 1 N–H and O–H groups in total. The molecule has 158 valence electrons. The molecule has 0 fully saturated rings. The molecule has 3 aromatic rings. The van der Waals surface area contributed by atoms with Gasteiger partial charge < -0.3 is 5.32 Å². The van der Waals surface area contributed by atoms with Gasteiger partial charge in [0.25, 0.3) is 11.5 Å². The number of nitrogens with zero attached hydrogens (tertiary/aromatic N) is 2. The molecule has 0 bridgehead atoms. The number of hydrogen-bond acceptors (Lipinski definition) is 3. The maximum absolute atomic E-state index is 13.0. The van der Waals surface area contributed by atoms with Crippen molar-refractivity contribution >= 4 is 22.4 Å². The lowest BCUT2D eigenvalue weighted by Gasteiger charge is -2.15. The van der Waals surface area contributed by atoms with Gasteiger partial charge in [0.2, 0.25) is 0 Å². The van der Waals surface area contributed by atoms with Gasteiger partial charge in [0.05, 0.1) is 16.5 Å². The maximum Gasteiger partial charge on any atom is 0.416 e. The lowest BCUT2D eigenvalue weighted by Crippen LogP contribution is -2.27. The molecule has 0 saturated carbocycles. The van der Waals surface area contributed by atoms with Crippen LogP contribution in [0.25, 0.3) is 10.8 Å². The zero-order valence-corrected chi connectivity index (χ0v) is 15.2. The Kier molecular flexibility index (Phi) is 5.31. The van der Waals surface area contributed by atoms with Gasteiger partial charge in [-0.1, -0.05) is 18.2 Å². The number of alkyl halides is 6. The molecule has 0 aliphatic carbocycles. The largest absolute Gasteiger partial charge is 0.416 e. The summed E-state index contributed by atoms with van der Waals surface area (Å²) in [4.78, 5) is 25.0. The fourth-order valence-electron chi connectivity index (χ4n) is 2.83. The lowest BCUT2D eigenvalue weighted by atomic mass is 10.1. The first-order valence-corrected chi connectivity index (χ1v) is 8.52. The van der Waals surface area contributed by atoms with Crippen molar-refractivity contribution in [2.75, 3.05) is 5.32 Å². The summed E-state index contributed by atoms with van der Waals surface area (Å²) in [5, 5.41) is 6.19. The molecule has 1 aromatic heterocycles. The number of carbonyl (C=O) groups excluding carboxylic acids is 1. The third kappa shape index (κ3) is 4.14. The summed E-state index contributed by atoms with van der Waals surface area (Å²) in [6.45, 7) is 1.69. The third-order valence-corrected chi connectivity index (χ3v) is 4.23. The van der Waals surface area contributed by atoms with Gasteiger partial charge in [0.15, 0.2) is 5.69 Å². The Bertz CT molecular complexity index is 1150. The molecule has 1 heterocycles. The second-order valence-electron chi connectivity index (χ2n) is 6.26. The van der Waals surface area contributed by atoms with E-state index in [1.807, 2.05) is 5.32 Å². The molecule has 11 heteroatoms. The second-order valence-corrected chi connectivity index (χ2v) is 6.26. The van der Waals surface area contributed by atoms with Gasteiger partial charge in [-0.05, 0) is 31.2 Å². The summed E-state index contributed by atoms with van der Waals surface area (Å²) >= 11 is 0. The number of amides is 1. The van der Waals surface area contributed by atoms with Gasteiger partial charge in [0.1, 0.15) is 0 Å². The van der Waals surface area contributed by atoms with Gasteiger partial charge in [-0.3, -0.25) is 9.59 Å². The molecule has 0 spiro atoms. The first-order chi connectivity index (χ1) is 13.9. The summed E-state index contributed by atoms with van der Waals surface area (Å²) in [6.07, 6.45) is -10.1. The highest BCUT2D eigenvalue weighted by Gasteiger charge is 2.37. The number of aromatic nitrogens is 2. The Labute approximate surface area is 164 Å². The van der Waals surface area contributed by atoms with Crippen LogP contribution in [0.5, 0.6) is 0 Å². The molecule has 0 unspecified atom stereocenters. The number of nitrogens with one attached hydrogen (secondary N) is 1. The molecule has 30 heavy (non-hydrogen) atoms. The SMILES string of the molecule is CCn1nc(C(=O)Nc2cc(C(F)(F)F)cc(C(F)(F)F)c2)c2ccccc2c1=O. The van der Waals surface area contributed by atoms with Crippen LogP contribution in [0, 0.1) is 0 Å². The fourth-order valence-corrected chi connectivity index (χ4v) is 2.83. The normalized spacial score (nSPS) is 12.2. The van der Waals surface area contributed by atoms with Crippen molar-refractivity contribution in [3.8, 4) is 0 Å². The van der Waals surface area contributed by atoms with E-state index in [0.29, 0.717) is 12.1 Å². The van der Waals surface area contributed by atoms with Crippen LogP contribution in [-0.2, 0) is 18.9 Å². The van der Waals surface area contributed by atoms with Gasteiger partial charge >= 0.3 is 12.4 Å². The van der Waals surface area contributed by atoms with E-state index in [1.54, 1.807) is 13.0 Å².